The van der Waals surface area contributed by atoms with Crippen LogP contribution in [-0.4, -0.2) is 94.6 Å². The van der Waals surface area contributed by atoms with Gasteiger partial charge in [0.25, 0.3) is 0 Å². The predicted molar refractivity (Wildman–Crippen MR) is 138 cm³/mol. The SMILES string of the molecule is COCCN1CCN([C@@H](CC(C)C)C(=O)N2CCC(Cc3nccn3C)CC2)C(=O)[C@@H]1CC(C)C. The number of hydrogen-bond acceptors (Lipinski definition) is 5. The van der Waals surface area contributed by atoms with Crippen LogP contribution in [0.15, 0.2) is 12.4 Å². The Morgan fingerprint density at radius 2 is 1.83 bits per heavy atom. The molecule has 0 aliphatic carbocycles. The number of methoxy groups -OCH3 is 1. The monoisotopic (exact) mass is 489 g/mol. The fourth-order valence-electron chi connectivity index (χ4n) is 5.56. The molecule has 8 heteroatoms. The minimum Gasteiger partial charge on any atom is -0.383 e. The van der Waals surface area contributed by atoms with E-state index in [0.717, 1.165) is 57.7 Å². The summed E-state index contributed by atoms with van der Waals surface area (Å²) in [7, 11) is 3.74. The van der Waals surface area contributed by atoms with Crippen molar-refractivity contribution >= 4 is 11.8 Å². The number of amides is 2. The number of imidazole rings is 1. The first kappa shape index (κ1) is 27.7. The number of nitrogens with zero attached hydrogens (tertiary/aromatic N) is 5. The average Bonchev–Trinajstić information content (AvgIpc) is 3.22. The number of piperidine rings is 1. The summed E-state index contributed by atoms with van der Waals surface area (Å²) in [6.45, 7) is 12.9. The zero-order chi connectivity index (χ0) is 25.5. The standard InChI is InChI=1S/C27H47N5O3/c1-20(2)17-23-27(34)32(14-13-30(23)15-16-35-6)24(18-21(3)4)26(33)31-10-7-22(8-11-31)19-25-28-9-12-29(25)5/h9,12,20-24H,7-8,10-11,13-19H2,1-6H3/t23-,24-/m0/s1. The van der Waals surface area contributed by atoms with E-state index in [1.165, 1.54) is 0 Å². The molecule has 0 saturated carbocycles. The minimum atomic E-state index is -0.368. The maximum Gasteiger partial charge on any atom is 0.245 e. The van der Waals surface area contributed by atoms with Crippen LogP contribution in [0.3, 0.4) is 0 Å². The van der Waals surface area contributed by atoms with E-state index in [4.69, 9.17) is 4.74 Å². The molecule has 2 aliphatic heterocycles. The Balaban J connectivity index is 1.68. The number of carbonyl (C=O) groups is 2. The highest BCUT2D eigenvalue weighted by atomic mass is 16.5. The first-order valence-electron chi connectivity index (χ1n) is 13.5. The summed E-state index contributed by atoms with van der Waals surface area (Å²) in [5.74, 6) is 2.66. The molecule has 0 N–H and O–H groups in total. The molecule has 8 nitrogen and oxygen atoms in total. The lowest BCUT2D eigenvalue weighted by atomic mass is 9.91. The first-order valence-corrected chi connectivity index (χ1v) is 13.5. The van der Waals surface area contributed by atoms with Gasteiger partial charge in [0.05, 0.1) is 12.6 Å². The highest BCUT2D eigenvalue weighted by Gasteiger charge is 2.41. The number of aryl methyl sites for hydroxylation is 1. The fraction of sp³-hybridized carbons (Fsp3) is 0.815. The third kappa shape index (κ3) is 7.29. The third-order valence-corrected chi connectivity index (χ3v) is 7.59. The quantitative estimate of drug-likeness (QED) is 0.478. The van der Waals surface area contributed by atoms with Gasteiger partial charge in [-0.05, 0) is 43.4 Å². The maximum atomic E-state index is 13.8. The second-order valence-corrected chi connectivity index (χ2v) is 11.3. The summed E-state index contributed by atoms with van der Waals surface area (Å²) >= 11 is 0. The van der Waals surface area contributed by atoms with Crippen molar-refractivity contribution in [2.75, 3.05) is 46.4 Å². The molecular weight excluding hydrogens is 442 g/mol. The van der Waals surface area contributed by atoms with Crippen LogP contribution >= 0.6 is 0 Å². The summed E-state index contributed by atoms with van der Waals surface area (Å²) in [6, 6.07) is -0.544. The van der Waals surface area contributed by atoms with Crippen LogP contribution in [0.4, 0.5) is 0 Å². The van der Waals surface area contributed by atoms with Crippen LogP contribution in [0.25, 0.3) is 0 Å². The second-order valence-electron chi connectivity index (χ2n) is 11.3. The molecule has 0 bridgehead atoms. The molecule has 0 spiro atoms. The van der Waals surface area contributed by atoms with Gasteiger partial charge in [0.15, 0.2) is 0 Å². The van der Waals surface area contributed by atoms with E-state index in [1.807, 2.05) is 29.2 Å². The lowest BCUT2D eigenvalue weighted by Crippen LogP contribution is -2.63. The lowest BCUT2D eigenvalue weighted by molar-refractivity contribution is -0.155. The fourth-order valence-corrected chi connectivity index (χ4v) is 5.56. The predicted octanol–water partition coefficient (Wildman–Crippen LogP) is 2.82. The Bertz CT molecular complexity index is 815. The zero-order valence-electron chi connectivity index (χ0n) is 22.8. The lowest BCUT2D eigenvalue weighted by Gasteiger charge is -2.45. The van der Waals surface area contributed by atoms with Crippen LogP contribution in [0.1, 0.15) is 59.2 Å². The van der Waals surface area contributed by atoms with Crippen molar-refractivity contribution in [2.45, 2.75) is 71.9 Å². The van der Waals surface area contributed by atoms with Gasteiger partial charge in [0.1, 0.15) is 11.9 Å². The number of likely N-dealkylation sites (tertiary alicyclic amines) is 1. The Kier molecular flexibility index (Phi) is 10.2. The van der Waals surface area contributed by atoms with Crippen molar-refractivity contribution in [3.8, 4) is 0 Å². The van der Waals surface area contributed by atoms with Crippen molar-refractivity contribution in [2.24, 2.45) is 24.8 Å². The van der Waals surface area contributed by atoms with Gasteiger partial charge in [-0.1, -0.05) is 27.7 Å². The molecule has 3 rings (SSSR count). The van der Waals surface area contributed by atoms with Crippen LogP contribution in [0.5, 0.6) is 0 Å². The molecule has 1 aromatic heterocycles. The smallest absolute Gasteiger partial charge is 0.245 e. The van der Waals surface area contributed by atoms with Crippen molar-refractivity contribution in [3.63, 3.8) is 0 Å². The molecule has 2 fully saturated rings. The highest BCUT2D eigenvalue weighted by Crippen LogP contribution is 2.26. The first-order chi connectivity index (χ1) is 16.7. The van der Waals surface area contributed by atoms with E-state index in [0.29, 0.717) is 37.3 Å². The maximum absolute atomic E-state index is 13.8. The normalized spacial score (nSPS) is 21.4. The molecule has 1 aromatic rings. The van der Waals surface area contributed by atoms with Gasteiger partial charge in [-0.25, -0.2) is 4.98 Å². The molecule has 0 aromatic carbocycles. The van der Waals surface area contributed by atoms with E-state index < -0.39 is 0 Å². The van der Waals surface area contributed by atoms with Gasteiger partial charge >= 0.3 is 0 Å². The van der Waals surface area contributed by atoms with E-state index in [1.54, 1.807) is 7.11 Å². The summed E-state index contributed by atoms with van der Waals surface area (Å²) in [5.41, 5.74) is 0. The van der Waals surface area contributed by atoms with Gasteiger partial charge < -0.3 is 19.1 Å². The van der Waals surface area contributed by atoms with Gasteiger partial charge in [0.2, 0.25) is 11.8 Å². The van der Waals surface area contributed by atoms with E-state index in [9.17, 15) is 9.59 Å². The molecule has 2 amide bonds. The van der Waals surface area contributed by atoms with Gasteiger partial charge in [0, 0.05) is 65.7 Å². The summed E-state index contributed by atoms with van der Waals surface area (Å²) < 4.78 is 7.38. The summed E-state index contributed by atoms with van der Waals surface area (Å²) in [4.78, 5) is 38.2. The topological polar surface area (TPSA) is 70.9 Å². The Labute approximate surface area is 212 Å². The Hall–Kier alpha value is -1.93. The second kappa shape index (κ2) is 12.9. The van der Waals surface area contributed by atoms with Crippen molar-refractivity contribution < 1.29 is 14.3 Å². The molecule has 2 atom stereocenters. The molecule has 35 heavy (non-hydrogen) atoms. The van der Waals surface area contributed by atoms with E-state index in [-0.39, 0.29) is 23.9 Å². The largest absolute Gasteiger partial charge is 0.383 e. The highest BCUT2D eigenvalue weighted by molar-refractivity contribution is 5.90. The Morgan fingerprint density at radius 1 is 1.11 bits per heavy atom. The summed E-state index contributed by atoms with van der Waals surface area (Å²) in [6.07, 6.45) is 8.29. The van der Waals surface area contributed by atoms with Gasteiger partial charge in [-0.15, -0.1) is 0 Å². The van der Waals surface area contributed by atoms with Gasteiger partial charge in [-0.2, -0.15) is 0 Å². The van der Waals surface area contributed by atoms with Crippen LogP contribution < -0.4 is 0 Å². The molecular formula is C27H47N5O3. The molecule has 2 saturated heterocycles. The number of ether oxygens (including phenoxy) is 1. The molecule has 0 unspecified atom stereocenters. The van der Waals surface area contributed by atoms with Crippen molar-refractivity contribution in [1.82, 2.24) is 24.3 Å². The van der Waals surface area contributed by atoms with E-state index >= 15 is 0 Å². The number of carbonyl (C=O) groups excluding carboxylic acids is 2. The Morgan fingerprint density at radius 3 is 2.40 bits per heavy atom. The van der Waals surface area contributed by atoms with E-state index in [2.05, 4.69) is 42.1 Å². The number of aromatic nitrogens is 2. The van der Waals surface area contributed by atoms with Crippen molar-refractivity contribution in [3.05, 3.63) is 18.2 Å². The number of hydrogen-bond donors (Lipinski definition) is 0. The molecule has 2 aliphatic rings. The minimum absolute atomic E-state index is 0.115. The summed E-state index contributed by atoms with van der Waals surface area (Å²) in [5, 5.41) is 0. The molecule has 3 heterocycles. The number of rotatable bonds is 11. The van der Waals surface area contributed by atoms with Gasteiger partial charge in [-0.3, -0.25) is 14.5 Å². The van der Waals surface area contributed by atoms with Crippen LogP contribution in [-0.2, 0) is 27.8 Å². The zero-order valence-corrected chi connectivity index (χ0v) is 22.8. The van der Waals surface area contributed by atoms with Crippen LogP contribution in [0.2, 0.25) is 0 Å². The number of piperazine rings is 1. The average molecular weight is 490 g/mol. The third-order valence-electron chi connectivity index (χ3n) is 7.59. The molecule has 198 valence electrons. The molecule has 0 radical (unpaired) electrons. The van der Waals surface area contributed by atoms with Crippen molar-refractivity contribution in [1.29, 1.82) is 0 Å². The van der Waals surface area contributed by atoms with Crippen LogP contribution in [0, 0.1) is 17.8 Å².